The first-order valence-electron chi connectivity index (χ1n) is 8.77. The molecule has 2 rings (SSSR count). The number of benzene rings is 2. The van der Waals surface area contributed by atoms with Crippen molar-refractivity contribution in [3.05, 3.63) is 65.7 Å². The summed E-state index contributed by atoms with van der Waals surface area (Å²) in [6, 6.07) is 16.6. The van der Waals surface area contributed by atoms with Crippen molar-refractivity contribution >= 4 is 21.6 Å². The summed E-state index contributed by atoms with van der Waals surface area (Å²) in [6.45, 7) is 0.850. The number of sulfonamides is 1. The number of carbonyl (C=O) groups excluding carboxylic acids is 1. The molecule has 0 saturated heterocycles. The first-order chi connectivity index (χ1) is 12.9. The Hall–Kier alpha value is -2.38. The Bertz CT molecular complexity index is 819. The van der Waals surface area contributed by atoms with Gasteiger partial charge in [-0.3, -0.25) is 9.52 Å². The maximum atomic E-state index is 12.2. The molecule has 146 valence electrons. The van der Waals surface area contributed by atoms with Crippen molar-refractivity contribution in [2.75, 3.05) is 31.2 Å². The lowest BCUT2D eigenvalue weighted by atomic mass is 10.1. The highest BCUT2D eigenvalue weighted by molar-refractivity contribution is 7.92. The summed E-state index contributed by atoms with van der Waals surface area (Å²) >= 11 is 0. The second-order valence-electron chi connectivity index (χ2n) is 6.47. The highest BCUT2D eigenvalue weighted by Gasteiger charge is 2.11. The molecule has 0 fully saturated rings. The molecule has 27 heavy (non-hydrogen) atoms. The minimum atomic E-state index is -3.43. The van der Waals surface area contributed by atoms with Crippen LogP contribution in [0.5, 0.6) is 0 Å². The quantitative estimate of drug-likeness (QED) is 0.633. The summed E-state index contributed by atoms with van der Waals surface area (Å²) in [6.07, 6.45) is 0.705. The van der Waals surface area contributed by atoms with Crippen molar-refractivity contribution in [3.8, 4) is 0 Å². The van der Waals surface area contributed by atoms with E-state index in [9.17, 15) is 13.2 Å². The van der Waals surface area contributed by atoms with E-state index in [1.807, 2.05) is 30.3 Å². The number of amides is 1. The van der Waals surface area contributed by atoms with Crippen molar-refractivity contribution in [1.82, 2.24) is 4.90 Å². The smallest absolute Gasteiger partial charge is 0.232 e. The van der Waals surface area contributed by atoms with Crippen LogP contribution in [-0.4, -0.2) is 45.7 Å². The highest BCUT2D eigenvalue weighted by atomic mass is 32.2. The predicted molar refractivity (Wildman–Crippen MR) is 107 cm³/mol. The molecule has 0 bridgehead atoms. The summed E-state index contributed by atoms with van der Waals surface area (Å²) in [4.78, 5) is 13.2. The Morgan fingerprint density at radius 3 is 2.30 bits per heavy atom. The third-order valence-corrected chi connectivity index (χ3v) is 5.27. The van der Waals surface area contributed by atoms with Gasteiger partial charge in [-0.2, -0.15) is 0 Å². The largest absolute Gasteiger partial charge is 0.377 e. The lowest BCUT2D eigenvalue weighted by molar-refractivity contribution is -0.127. The summed E-state index contributed by atoms with van der Waals surface area (Å²) in [5.74, 6) is -0.0123. The Morgan fingerprint density at radius 1 is 1.00 bits per heavy atom. The Balaban J connectivity index is 1.74. The maximum Gasteiger partial charge on any atom is 0.232 e. The minimum Gasteiger partial charge on any atom is -0.377 e. The van der Waals surface area contributed by atoms with E-state index in [1.54, 1.807) is 38.4 Å². The van der Waals surface area contributed by atoms with Gasteiger partial charge in [0, 0.05) is 26.4 Å². The molecule has 0 unspecified atom stereocenters. The number of hydrogen-bond acceptors (Lipinski definition) is 4. The van der Waals surface area contributed by atoms with Gasteiger partial charge < -0.3 is 9.64 Å². The average molecular weight is 391 g/mol. The fraction of sp³-hybridized carbons (Fsp3) is 0.350. The van der Waals surface area contributed by atoms with E-state index >= 15 is 0 Å². The molecule has 1 amide bonds. The van der Waals surface area contributed by atoms with Crippen LogP contribution in [0.15, 0.2) is 54.6 Å². The normalized spacial score (nSPS) is 11.2. The number of likely N-dealkylation sites (N-methyl/N-ethyl adjacent to an activating group) is 1. The predicted octanol–water partition coefficient (Wildman–Crippen LogP) is 2.67. The van der Waals surface area contributed by atoms with Crippen molar-refractivity contribution < 1.29 is 17.9 Å². The molecule has 0 aliphatic carbocycles. The summed E-state index contributed by atoms with van der Waals surface area (Å²) in [5.41, 5.74) is 2.39. The number of ether oxygens (including phenoxy) is 1. The Kier molecular flexibility index (Phi) is 7.82. The number of nitrogens with one attached hydrogen (secondary N) is 1. The van der Waals surface area contributed by atoms with E-state index in [0.29, 0.717) is 31.7 Å². The van der Waals surface area contributed by atoms with E-state index in [1.165, 1.54) is 4.90 Å². The monoisotopic (exact) mass is 390 g/mol. The molecule has 2 aromatic rings. The zero-order chi connectivity index (χ0) is 19.7. The van der Waals surface area contributed by atoms with E-state index < -0.39 is 10.0 Å². The van der Waals surface area contributed by atoms with Crippen LogP contribution in [0.2, 0.25) is 0 Å². The van der Waals surface area contributed by atoms with Crippen LogP contribution in [0.3, 0.4) is 0 Å². The third kappa shape index (κ3) is 7.80. The molecular weight excluding hydrogens is 364 g/mol. The summed E-state index contributed by atoms with van der Waals surface area (Å²) in [7, 11) is -0.0287. The molecule has 0 saturated carbocycles. The SMILES string of the molecule is CN(C)C(=O)Cc1ccc(NS(=O)(=O)CCCOCc2ccccc2)cc1. The Labute approximate surface area is 161 Å². The van der Waals surface area contributed by atoms with Gasteiger partial charge in [-0.25, -0.2) is 8.42 Å². The van der Waals surface area contributed by atoms with Gasteiger partial charge in [0.25, 0.3) is 0 Å². The standard InChI is InChI=1S/C20H26N2O4S/c1-22(2)20(23)15-17-9-11-19(12-10-17)21-27(24,25)14-6-13-26-16-18-7-4-3-5-8-18/h3-5,7-12,21H,6,13-16H2,1-2H3. The second-order valence-corrected chi connectivity index (χ2v) is 8.32. The molecule has 6 nitrogen and oxygen atoms in total. The van der Waals surface area contributed by atoms with Crippen LogP contribution in [0.25, 0.3) is 0 Å². The fourth-order valence-corrected chi connectivity index (χ4v) is 3.46. The molecule has 0 aromatic heterocycles. The van der Waals surface area contributed by atoms with Gasteiger partial charge in [-0.1, -0.05) is 42.5 Å². The molecule has 2 aromatic carbocycles. The topological polar surface area (TPSA) is 75.7 Å². The molecule has 0 heterocycles. The van der Waals surface area contributed by atoms with Gasteiger partial charge in [-0.05, 0) is 29.7 Å². The fourth-order valence-electron chi connectivity index (χ4n) is 2.37. The van der Waals surface area contributed by atoms with Gasteiger partial charge in [-0.15, -0.1) is 0 Å². The molecule has 0 radical (unpaired) electrons. The number of nitrogens with zero attached hydrogens (tertiary/aromatic N) is 1. The molecule has 1 N–H and O–H groups in total. The van der Waals surface area contributed by atoms with Gasteiger partial charge in [0.1, 0.15) is 0 Å². The van der Waals surface area contributed by atoms with E-state index in [4.69, 9.17) is 4.74 Å². The molecule has 0 aliphatic heterocycles. The molecular formula is C20H26N2O4S. The zero-order valence-corrected chi connectivity index (χ0v) is 16.5. The molecule has 0 spiro atoms. The van der Waals surface area contributed by atoms with Crippen molar-refractivity contribution in [2.45, 2.75) is 19.4 Å². The van der Waals surface area contributed by atoms with Crippen molar-refractivity contribution in [3.63, 3.8) is 0 Å². The van der Waals surface area contributed by atoms with Gasteiger partial charge in [0.2, 0.25) is 15.9 Å². The highest BCUT2D eigenvalue weighted by Crippen LogP contribution is 2.13. The second kappa shape index (κ2) is 10.1. The number of hydrogen-bond donors (Lipinski definition) is 1. The lowest BCUT2D eigenvalue weighted by Crippen LogP contribution is -2.23. The van der Waals surface area contributed by atoms with E-state index in [0.717, 1.165) is 11.1 Å². The van der Waals surface area contributed by atoms with E-state index in [-0.39, 0.29) is 11.7 Å². The molecule has 7 heteroatoms. The van der Waals surface area contributed by atoms with Crippen LogP contribution < -0.4 is 4.72 Å². The van der Waals surface area contributed by atoms with Crippen LogP contribution in [0.1, 0.15) is 17.5 Å². The molecule has 0 atom stereocenters. The number of anilines is 1. The third-order valence-electron chi connectivity index (χ3n) is 3.89. The van der Waals surface area contributed by atoms with Crippen LogP contribution >= 0.6 is 0 Å². The van der Waals surface area contributed by atoms with Crippen LogP contribution in [0, 0.1) is 0 Å². The summed E-state index contributed by atoms with van der Waals surface area (Å²) < 4.78 is 32.4. The van der Waals surface area contributed by atoms with Gasteiger partial charge in [0.15, 0.2) is 0 Å². The van der Waals surface area contributed by atoms with Gasteiger partial charge in [0.05, 0.1) is 18.8 Å². The first kappa shape index (κ1) is 20.9. The van der Waals surface area contributed by atoms with E-state index in [2.05, 4.69) is 4.72 Å². The zero-order valence-electron chi connectivity index (χ0n) is 15.7. The summed E-state index contributed by atoms with van der Waals surface area (Å²) in [5, 5.41) is 0. The Morgan fingerprint density at radius 2 is 1.67 bits per heavy atom. The number of carbonyl (C=O) groups is 1. The lowest BCUT2D eigenvalue weighted by Gasteiger charge is -2.11. The van der Waals surface area contributed by atoms with Crippen LogP contribution in [-0.2, 0) is 32.6 Å². The average Bonchev–Trinajstić information content (AvgIpc) is 2.63. The van der Waals surface area contributed by atoms with Crippen molar-refractivity contribution in [2.24, 2.45) is 0 Å². The first-order valence-corrected chi connectivity index (χ1v) is 10.4. The maximum absolute atomic E-state index is 12.2. The number of rotatable bonds is 10. The van der Waals surface area contributed by atoms with Crippen molar-refractivity contribution in [1.29, 1.82) is 0 Å². The molecule has 0 aliphatic rings. The van der Waals surface area contributed by atoms with Gasteiger partial charge >= 0.3 is 0 Å². The minimum absolute atomic E-state index is 0.00108. The van der Waals surface area contributed by atoms with Crippen LogP contribution in [0.4, 0.5) is 5.69 Å².